The van der Waals surface area contributed by atoms with E-state index in [0.717, 1.165) is 26.2 Å². The van der Waals surface area contributed by atoms with Crippen molar-refractivity contribution in [1.29, 1.82) is 0 Å². The number of allylic oxidation sites excluding steroid dienone is 2. The Bertz CT molecular complexity index is 1660. The first kappa shape index (κ1) is 39.0. The zero-order valence-electron chi connectivity index (χ0n) is 29.3. The fourth-order valence-electron chi connectivity index (χ4n) is 5.74. The summed E-state index contributed by atoms with van der Waals surface area (Å²) >= 11 is 1.82. The Morgan fingerprint density at radius 2 is 1.45 bits per heavy atom. The van der Waals surface area contributed by atoms with Gasteiger partial charge in [0.05, 0.1) is 55.7 Å². The van der Waals surface area contributed by atoms with Crippen LogP contribution in [0.5, 0.6) is 0 Å². The molecular weight excluding hydrogens is 745 g/mol. The molecule has 4 aromatic rings. The van der Waals surface area contributed by atoms with Gasteiger partial charge in [-0.05, 0) is 65.7 Å². The fourth-order valence-corrected chi connectivity index (χ4v) is 6.84. The summed E-state index contributed by atoms with van der Waals surface area (Å²) in [6.45, 7) is 12.3. The molecule has 0 N–H and O–H groups in total. The predicted octanol–water partition coefficient (Wildman–Crippen LogP) is 4.29. The monoisotopic (exact) mass is 795 g/mol. The van der Waals surface area contributed by atoms with Crippen LogP contribution in [-0.4, -0.2) is 78.4 Å². The first-order valence-corrected chi connectivity index (χ1v) is 17.8. The molecule has 0 atom stereocenters. The van der Waals surface area contributed by atoms with Crippen LogP contribution in [0.25, 0.3) is 22.6 Å². The van der Waals surface area contributed by atoms with E-state index in [1.54, 1.807) is 7.11 Å². The van der Waals surface area contributed by atoms with Crippen molar-refractivity contribution in [1.82, 2.24) is 4.90 Å². The molecular formula is C40H50IN3O4S. The molecule has 1 aliphatic heterocycles. The fraction of sp³-hybridized carbons (Fsp3) is 0.375. The highest BCUT2D eigenvalue weighted by atomic mass is 127. The normalized spacial score (nSPS) is 13.8. The summed E-state index contributed by atoms with van der Waals surface area (Å²) in [7, 11) is 3.82. The zero-order valence-corrected chi connectivity index (χ0v) is 32.3. The van der Waals surface area contributed by atoms with Crippen LogP contribution in [0.3, 0.4) is 0 Å². The van der Waals surface area contributed by atoms with Crippen LogP contribution in [0, 0.1) is 0 Å². The molecule has 1 aliphatic rings. The summed E-state index contributed by atoms with van der Waals surface area (Å²) in [4.78, 5) is 6.02. The van der Waals surface area contributed by atoms with Crippen molar-refractivity contribution in [3.63, 3.8) is 0 Å². The molecule has 49 heavy (non-hydrogen) atoms. The van der Waals surface area contributed by atoms with Crippen molar-refractivity contribution < 1.29 is 47.5 Å². The van der Waals surface area contributed by atoms with Gasteiger partial charge in [-0.15, -0.1) is 0 Å². The van der Waals surface area contributed by atoms with Gasteiger partial charge in [-0.25, -0.2) is 0 Å². The number of hydrogen-bond acceptors (Lipinski definition) is 7. The van der Waals surface area contributed by atoms with Gasteiger partial charge >= 0.3 is 0 Å². The average Bonchev–Trinajstić information content (AvgIpc) is 3.44. The first-order chi connectivity index (χ1) is 23.6. The molecule has 2 heterocycles. The molecule has 0 amide bonds. The summed E-state index contributed by atoms with van der Waals surface area (Å²) in [5.41, 5.74) is 7.33. The number of hydrogen-bond donors (Lipinski definition) is 0. The van der Waals surface area contributed by atoms with E-state index in [9.17, 15) is 0 Å². The molecule has 262 valence electrons. The maximum atomic E-state index is 5.91. The van der Waals surface area contributed by atoms with E-state index in [0.29, 0.717) is 46.2 Å². The Labute approximate surface area is 313 Å². The Morgan fingerprint density at radius 1 is 0.796 bits per heavy atom. The molecule has 0 unspecified atom stereocenters. The molecule has 0 spiro atoms. The van der Waals surface area contributed by atoms with Crippen LogP contribution in [0.1, 0.15) is 30.5 Å². The minimum Gasteiger partial charge on any atom is -1.00 e. The summed E-state index contributed by atoms with van der Waals surface area (Å²) in [5, 5.41) is 2.42. The molecule has 0 bridgehead atoms. The lowest BCUT2D eigenvalue weighted by molar-refractivity contribution is -0.673. The van der Waals surface area contributed by atoms with Gasteiger partial charge in [-0.1, -0.05) is 74.1 Å². The number of ether oxygens (including phenoxy) is 4. The van der Waals surface area contributed by atoms with E-state index >= 15 is 0 Å². The number of methoxy groups -OCH3 is 1. The van der Waals surface area contributed by atoms with Crippen molar-refractivity contribution in [2.75, 3.05) is 78.4 Å². The van der Waals surface area contributed by atoms with Crippen molar-refractivity contribution in [2.45, 2.75) is 31.8 Å². The molecule has 0 saturated carbocycles. The van der Waals surface area contributed by atoms with E-state index < -0.39 is 0 Å². The van der Waals surface area contributed by atoms with Crippen molar-refractivity contribution in [2.24, 2.45) is 0 Å². The maximum Gasteiger partial charge on any atom is 0.213 e. The number of anilines is 1. The Morgan fingerprint density at radius 3 is 2.14 bits per heavy atom. The van der Waals surface area contributed by atoms with E-state index in [-0.39, 0.29) is 24.0 Å². The summed E-state index contributed by atoms with van der Waals surface area (Å²) in [6, 6.07) is 28.6. The zero-order chi connectivity index (χ0) is 33.6. The summed E-state index contributed by atoms with van der Waals surface area (Å²) in [6.07, 6.45) is 6.85. The van der Waals surface area contributed by atoms with Crippen LogP contribution in [0.2, 0.25) is 0 Å². The lowest BCUT2D eigenvalue weighted by Crippen LogP contribution is -3.00. The van der Waals surface area contributed by atoms with Gasteiger partial charge in [0.2, 0.25) is 5.52 Å². The Balaban J connectivity index is 0.00000541. The Hall–Kier alpha value is -2.77. The lowest BCUT2D eigenvalue weighted by atomic mass is 9.99. The number of thioether (sulfide) groups is 1. The second kappa shape index (κ2) is 20.8. The van der Waals surface area contributed by atoms with Gasteiger partial charge < -0.3 is 47.8 Å². The second-order valence-electron chi connectivity index (χ2n) is 11.7. The number of nitrogens with zero attached hydrogens (tertiary/aromatic N) is 3. The third-order valence-electron chi connectivity index (χ3n) is 8.56. The van der Waals surface area contributed by atoms with Gasteiger partial charge in [0.25, 0.3) is 0 Å². The quantitative estimate of drug-likeness (QED) is 0.0799. The molecule has 5 rings (SSSR count). The molecule has 9 heteroatoms. The van der Waals surface area contributed by atoms with Crippen LogP contribution in [-0.2, 0) is 32.0 Å². The second-order valence-corrected chi connectivity index (χ2v) is 12.7. The van der Waals surface area contributed by atoms with Gasteiger partial charge in [0.15, 0.2) is 12.7 Å². The average molecular weight is 796 g/mol. The summed E-state index contributed by atoms with van der Waals surface area (Å²) in [5.74, 6) is 0. The standard InChI is InChI=1S/C40H50N3O4S.HI/c1-5-42(6-2)31-32-15-17-33(18-16-32)35(30-40-41(3)38-13-9-10-14-39(38)48-40)29-34-19-20-43(37-12-8-7-11-36(34)37)21-22-45-25-26-47-28-27-46-24-23-44-4;/h7-20,29-30H,5-6,21-28,31H2,1-4H3;1H/q+1;/p-1. The molecule has 0 fully saturated rings. The SMILES string of the molecule is CCN(CC)Cc1ccc(C(=Cc2cc[n+](CCOCCOCCOCCOC)c3ccccc23)C=C2Sc3ccccc3N2C)cc1.[I-]. The van der Waals surface area contributed by atoms with Crippen LogP contribution < -0.4 is 33.4 Å². The van der Waals surface area contributed by atoms with Gasteiger partial charge in [-0.2, -0.15) is 4.57 Å². The smallest absolute Gasteiger partial charge is 0.213 e. The third kappa shape index (κ3) is 11.1. The topological polar surface area (TPSA) is 47.3 Å². The third-order valence-corrected chi connectivity index (χ3v) is 9.73. The minimum absolute atomic E-state index is 0. The van der Waals surface area contributed by atoms with E-state index in [1.165, 1.54) is 48.8 Å². The number of para-hydroxylation sites is 2. The number of halogens is 1. The largest absolute Gasteiger partial charge is 1.00 e. The van der Waals surface area contributed by atoms with E-state index in [4.69, 9.17) is 18.9 Å². The number of pyridine rings is 1. The Kier molecular flexibility index (Phi) is 16.6. The predicted molar refractivity (Wildman–Crippen MR) is 198 cm³/mol. The van der Waals surface area contributed by atoms with Crippen LogP contribution in [0.15, 0.2) is 101 Å². The molecule has 3 aromatic carbocycles. The van der Waals surface area contributed by atoms with E-state index in [1.807, 2.05) is 11.8 Å². The van der Waals surface area contributed by atoms with Crippen molar-refractivity contribution >= 4 is 40.0 Å². The van der Waals surface area contributed by atoms with Crippen LogP contribution >= 0.6 is 11.8 Å². The molecule has 0 radical (unpaired) electrons. The number of fused-ring (bicyclic) bond motifs is 2. The van der Waals surface area contributed by atoms with E-state index in [2.05, 4.69) is 132 Å². The van der Waals surface area contributed by atoms with Gasteiger partial charge in [0.1, 0.15) is 6.61 Å². The number of rotatable bonds is 19. The highest BCUT2D eigenvalue weighted by Gasteiger charge is 2.22. The highest BCUT2D eigenvalue weighted by Crippen LogP contribution is 2.45. The van der Waals surface area contributed by atoms with Gasteiger partial charge in [0, 0.05) is 37.7 Å². The minimum atomic E-state index is 0. The van der Waals surface area contributed by atoms with Crippen molar-refractivity contribution in [3.05, 3.63) is 113 Å². The number of benzene rings is 3. The lowest BCUT2D eigenvalue weighted by Gasteiger charge is -2.18. The first-order valence-electron chi connectivity index (χ1n) is 17.0. The number of aromatic nitrogens is 1. The summed E-state index contributed by atoms with van der Waals surface area (Å²) < 4.78 is 24.2. The molecule has 7 nitrogen and oxygen atoms in total. The molecule has 1 aromatic heterocycles. The van der Waals surface area contributed by atoms with Crippen molar-refractivity contribution in [3.8, 4) is 0 Å². The van der Waals surface area contributed by atoms with Gasteiger partial charge in [-0.3, -0.25) is 4.90 Å². The highest BCUT2D eigenvalue weighted by molar-refractivity contribution is 8.03. The molecule has 0 saturated heterocycles. The maximum absolute atomic E-state index is 5.91. The molecule has 0 aliphatic carbocycles. The van der Waals surface area contributed by atoms with Crippen LogP contribution in [0.4, 0.5) is 5.69 Å².